The summed E-state index contributed by atoms with van der Waals surface area (Å²) in [5, 5.41) is 2.97. The van der Waals surface area contributed by atoms with Gasteiger partial charge < -0.3 is 15.1 Å². The van der Waals surface area contributed by atoms with E-state index in [0.29, 0.717) is 44.6 Å². The first-order chi connectivity index (χ1) is 16.3. The molecule has 1 aliphatic rings. The van der Waals surface area contributed by atoms with Crippen LogP contribution in [0.1, 0.15) is 54.6 Å². The van der Waals surface area contributed by atoms with Gasteiger partial charge in [0, 0.05) is 38.2 Å². The van der Waals surface area contributed by atoms with E-state index >= 15 is 0 Å². The van der Waals surface area contributed by atoms with Crippen LogP contribution in [-0.4, -0.2) is 59.7 Å². The number of hydrogen-bond donors (Lipinski definition) is 1. The molecule has 0 aliphatic carbocycles. The number of benzene rings is 2. The first-order valence-corrected chi connectivity index (χ1v) is 12.3. The van der Waals surface area contributed by atoms with Crippen molar-refractivity contribution in [2.75, 3.05) is 26.2 Å². The highest BCUT2D eigenvalue weighted by molar-refractivity contribution is 5.98. The summed E-state index contributed by atoms with van der Waals surface area (Å²) in [5.74, 6) is 0.129. The molecule has 0 saturated carbocycles. The second kappa shape index (κ2) is 12.4. The molecule has 0 aromatic heterocycles. The number of carbonyl (C=O) groups is 3. The smallest absolute Gasteiger partial charge is 0.252 e. The third-order valence-electron chi connectivity index (χ3n) is 6.34. The summed E-state index contributed by atoms with van der Waals surface area (Å²) in [6.45, 7) is 8.06. The molecule has 1 heterocycles. The second-order valence-electron chi connectivity index (χ2n) is 9.52. The molecule has 34 heavy (non-hydrogen) atoms. The Morgan fingerprint density at radius 2 is 1.50 bits per heavy atom. The Hall–Kier alpha value is -3.15. The van der Waals surface area contributed by atoms with Gasteiger partial charge in [0.05, 0.1) is 0 Å². The fraction of sp³-hybridized carbons (Fsp3) is 0.464. The highest BCUT2D eigenvalue weighted by Crippen LogP contribution is 2.14. The summed E-state index contributed by atoms with van der Waals surface area (Å²) >= 11 is 0. The monoisotopic (exact) mass is 463 g/mol. The number of aryl methyl sites for hydroxylation is 2. The van der Waals surface area contributed by atoms with Crippen LogP contribution in [0.4, 0.5) is 0 Å². The number of carbonyl (C=O) groups excluding carboxylic acids is 3. The van der Waals surface area contributed by atoms with Crippen molar-refractivity contribution >= 4 is 17.7 Å². The molecule has 1 atom stereocenters. The molecule has 182 valence electrons. The SMILES string of the molecule is Cc1ccccc1C(=O)NC(CC(C)C)C(=O)N1CCN(C(=O)CCCc2ccccc2)CC1. The molecule has 1 unspecified atom stereocenters. The zero-order chi connectivity index (χ0) is 24.5. The summed E-state index contributed by atoms with van der Waals surface area (Å²) < 4.78 is 0. The van der Waals surface area contributed by atoms with E-state index in [1.165, 1.54) is 5.56 Å². The third kappa shape index (κ3) is 7.17. The van der Waals surface area contributed by atoms with Crippen LogP contribution in [0.3, 0.4) is 0 Å². The third-order valence-corrected chi connectivity index (χ3v) is 6.34. The maximum Gasteiger partial charge on any atom is 0.252 e. The van der Waals surface area contributed by atoms with Crippen molar-refractivity contribution in [1.82, 2.24) is 15.1 Å². The molecule has 6 heteroatoms. The fourth-order valence-electron chi connectivity index (χ4n) is 4.40. The van der Waals surface area contributed by atoms with Crippen LogP contribution in [0.2, 0.25) is 0 Å². The molecule has 3 rings (SSSR count). The number of nitrogens with zero attached hydrogens (tertiary/aromatic N) is 2. The lowest BCUT2D eigenvalue weighted by Gasteiger charge is -2.37. The van der Waals surface area contributed by atoms with Crippen LogP contribution in [-0.2, 0) is 16.0 Å². The molecule has 1 N–H and O–H groups in total. The Balaban J connectivity index is 1.51. The van der Waals surface area contributed by atoms with Gasteiger partial charge in [0.25, 0.3) is 5.91 Å². The van der Waals surface area contributed by atoms with Crippen molar-refractivity contribution < 1.29 is 14.4 Å². The van der Waals surface area contributed by atoms with Gasteiger partial charge in [-0.2, -0.15) is 0 Å². The Morgan fingerprint density at radius 3 is 2.15 bits per heavy atom. The maximum absolute atomic E-state index is 13.3. The van der Waals surface area contributed by atoms with Crippen molar-refractivity contribution in [3.63, 3.8) is 0 Å². The normalized spacial score (nSPS) is 14.7. The summed E-state index contributed by atoms with van der Waals surface area (Å²) in [6, 6.07) is 17.0. The van der Waals surface area contributed by atoms with E-state index in [1.54, 1.807) is 11.0 Å². The van der Waals surface area contributed by atoms with E-state index in [0.717, 1.165) is 18.4 Å². The highest BCUT2D eigenvalue weighted by atomic mass is 16.2. The van der Waals surface area contributed by atoms with Crippen molar-refractivity contribution in [3.8, 4) is 0 Å². The lowest BCUT2D eigenvalue weighted by molar-refractivity contribution is -0.141. The fourth-order valence-corrected chi connectivity index (χ4v) is 4.40. The first-order valence-electron chi connectivity index (χ1n) is 12.3. The first kappa shape index (κ1) is 25.5. The van der Waals surface area contributed by atoms with E-state index < -0.39 is 6.04 Å². The predicted molar refractivity (Wildman–Crippen MR) is 134 cm³/mol. The molecule has 2 aromatic carbocycles. The van der Waals surface area contributed by atoms with Crippen LogP contribution in [0.5, 0.6) is 0 Å². The van der Waals surface area contributed by atoms with E-state index in [-0.39, 0.29) is 23.6 Å². The van der Waals surface area contributed by atoms with Crippen LogP contribution in [0, 0.1) is 12.8 Å². The summed E-state index contributed by atoms with van der Waals surface area (Å²) in [7, 11) is 0. The molecule has 0 spiro atoms. The molecule has 1 fully saturated rings. The van der Waals surface area contributed by atoms with Gasteiger partial charge in [0.1, 0.15) is 6.04 Å². The molecular formula is C28H37N3O3. The Morgan fingerprint density at radius 1 is 0.882 bits per heavy atom. The molecule has 0 radical (unpaired) electrons. The van der Waals surface area contributed by atoms with E-state index in [1.807, 2.05) is 62.1 Å². The predicted octanol–water partition coefficient (Wildman–Crippen LogP) is 3.83. The van der Waals surface area contributed by atoms with Gasteiger partial charge in [0.2, 0.25) is 11.8 Å². The molecule has 0 bridgehead atoms. The average Bonchev–Trinajstić information content (AvgIpc) is 2.84. The zero-order valence-electron chi connectivity index (χ0n) is 20.6. The van der Waals surface area contributed by atoms with Gasteiger partial charge in [-0.25, -0.2) is 0 Å². The largest absolute Gasteiger partial charge is 0.340 e. The molecule has 2 aromatic rings. The molecule has 3 amide bonds. The van der Waals surface area contributed by atoms with Crippen LogP contribution < -0.4 is 5.32 Å². The average molecular weight is 464 g/mol. The van der Waals surface area contributed by atoms with Crippen molar-refractivity contribution in [2.24, 2.45) is 5.92 Å². The summed E-state index contributed by atoms with van der Waals surface area (Å²) in [5.41, 5.74) is 2.72. The van der Waals surface area contributed by atoms with Crippen LogP contribution >= 0.6 is 0 Å². The topological polar surface area (TPSA) is 69.7 Å². The van der Waals surface area contributed by atoms with Crippen molar-refractivity contribution in [1.29, 1.82) is 0 Å². The summed E-state index contributed by atoms with van der Waals surface area (Å²) in [4.78, 5) is 42.4. The lowest BCUT2D eigenvalue weighted by atomic mass is 10.0. The van der Waals surface area contributed by atoms with Crippen LogP contribution in [0.25, 0.3) is 0 Å². The second-order valence-corrected chi connectivity index (χ2v) is 9.52. The Labute approximate surface area is 203 Å². The molecule has 1 aliphatic heterocycles. The number of rotatable bonds is 9. The Kier molecular flexibility index (Phi) is 9.25. The minimum atomic E-state index is -0.569. The van der Waals surface area contributed by atoms with E-state index in [9.17, 15) is 14.4 Å². The van der Waals surface area contributed by atoms with Crippen molar-refractivity contribution in [2.45, 2.75) is 52.5 Å². The molecular weight excluding hydrogens is 426 g/mol. The van der Waals surface area contributed by atoms with Crippen molar-refractivity contribution in [3.05, 3.63) is 71.3 Å². The van der Waals surface area contributed by atoms with Gasteiger partial charge in [-0.05, 0) is 49.3 Å². The maximum atomic E-state index is 13.3. The molecule has 1 saturated heterocycles. The van der Waals surface area contributed by atoms with E-state index in [4.69, 9.17) is 0 Å². The lowest BCUT2D eigenvalue weighted by Crippen LogP contribution is -2.56. The zero-order valence-corrected chi connectivity index (χ0v) is 20.6. The number of piperazine rings is 1. The highest BCUT2D eigenvalue weighted by Gasteiger charge is 2.30. The van der Waals surface area contributed by atoms with Gasteiger partial charge in [-0.1, -0.05) is 62.4 Å². The molecule has 6 nitrogen and oxygen atoms in total. The van der Waals surface area contributed by atoms with E-state index in [2.05, 4.69) is 17.4 Å². The van der Waals surface area contributed by atoms with Gasteiger partial charge >= 0.3 is 0 Å². The Bertz CT molecular complexity index is 966. The number of amides is 3. The minimum absolute atomic E-state index is 0.0631. The van der Waals surface area contributed by atoms with Gasteiger partial charge in [0.15, 0.2) is 0 Å². The minimum Gasteiger partial charge on any atom is -0.340 e. The van der Waals surface area contributed by atoms with Gasteiger partial charge in [-0.3, -0.25) is 14.4 Å². The quantitative estimate of drug-likeness (QED) is 0.614. The summed E-state index contributed by atoms with van der Waals surface area (Å²) in [6.07, 6.45) is 2.81. The standard InChI is InChI=1S/C28H37N3O3/c1-21(2)20-25(29-27(33)24-14-8-7-10-22(24)3)28(34)31-18-16-30(17-19-31)26(32)15-9-13-23-11-5-4-6-12-23/h4-8,10-12,14,21,25H,9,13,15-20H2,1-3H3,(H,29,33). The van der Waals surface area contributed by atoms with Crippen LogP contribution in [0.15, 0.2) is 54.6 Å². The van der Waals surface area contributed by atoms with Gasteiger partial charge in [-0.15, -0.1) is 0 Å². The number of hydrogen-bond acceptors (Lipinski definition) is 3. The number of nitrogens with one attached hydrogen (secondary N) is 1.